The SMILES string of the molecule is C#Cc1cccc(N(CC(=O)NC)C(=O)c2ccc(OC)c(OCC)c2)c1. The molecule has 0 aromatic heterocycles. The zero-order chi connectivity index (χ0) is 19.8. The number of amides is 2. The summed E-state index contributed by atoms with van der Waals surface area (Å²) in [4.78, 5) is 26.5. The van der Waals surface area contributed by atoms with Crippen molar-refractivity contribution in [3.63, 3.8) is 0 Å². The van der Waals surface area contributed by atoms with Crippen LogP contribution in [0.5, 0.6) is 11.5 Å². The molecular formula is C21H22N2O4. The minimum atomic E-state index is -0.351. The second-order valence-electron chi connectivity index (χ2n) is 5.56. The van der Waals surface area contributed by atoms with Gasteiger partial charge in [-0.05, 0) is 43.3 Å². The first-order valence-corrected chi connectivity index (χ1v) is 8.44. The van der Waals surface area contributed by atoms with Crippen LogP contribution in [0.2, 0.25) is 0 Å². The van der Waals surface area contributed by atoms with Crippen molar-refractivity contribution in [1.82, 2.24) is 5.32 Å². The van der Waals surface area contributed by atoms with E-state index in [4.69, 9.17) is 15.9 Å². The Kier molecular flexibility index (Phi) is 6.84. The van der Waals surface area contributed by atoms with E-state index >= 15 is 0 Å². The van der Waals surface area contributed by atoms with E-state index in [1.54, 1.807) is 42.5 Å². The highest BCUT2D eigenvalue weighted by Gasteiger charge is 2.22. The number of methoxy groups -OCH3 is 1. The van der Waals surface area contributed by atoms with Gasteiger partial charge in [0.25, 0.3) is 5.91 Å². The van der Waals surface area contributed by atoms with Crippen LogP contribution in [0.1, 0.15) is 22.8 Å². The zero-order valence-corrected chi connectivity index (χ0v) is 15.6. The second-order valence-corrected chi connectivity index (χ2v) is 5.56. The predicted octanol–water partition coefficient (Wildman–Crippen LogP) is 2.47. The molecule has 0 bridgehead atoms. The lowest BCUT2D eigenvalue weighted by Crippen LogP contribution is -2.39. The van der Waals surface area contributed by atoms with Gasteiger partial charge < -0.3 is 14.8 Å². The van der Waals surface area contributed by atoms with Crippen molar-refractivity contribution in [2.24, 2.45) is 0 Å². The summed E-state index contributed by atoms with van der Waals surface area (Å²) in [6.45, 7) is 2.14. The van der Waals surface area contributed by atoms with E-state index in [9.17, 15) is 9.59 Å². The maximum atomic E-state index is 13.2. The molecule has 0 aliphatic rings. The largest absolute Gasteiger partial charge is 0.493 e. The van der Waals surface area contributed by atoms with Crippen molar-refractivity contribution < 1.29 is 19.1 Å². The normalized spacial score (nSPS) is 9.85. The number of hydrogen-bond donors (Lipinski definition) is 1. The third kappa shape index (κ3) is 4.79. The highest BCUT2D eigenvalue weighted by molar-refractivity contribution is 6.09. The van der Waals surface area contributed by atoms with Gasteiger partial charge in [-0.2, -0.15) is 0 Å². The summed E-state index contributed by atoms with van der Waals surface area (Å²) in [6.07, 6.45) is 5.46. The summed E-state index contributed by atoms with van der Waals surface area (Å²) in [5.41, 5.74) is 1.52. The first-order valence-electron chi connectivity index (χ1n) is 8.44. The maximum absolute atomic E-state index is 13.2. The molecule has 1 N–H and O–H groups in total. The molecule has 140 valence electrons. The molecule has 27 heavy (non-hydrogen) atoms. The molecule has 0 aliphatic carbocycles. The fraction of sp³-hybridized carbons (Fsp3) is 0.238. The summed E-state index contributed by atoms with van der Waals surface area (Å²) in [5, 5.41) is 2.53. The van der Waals surface area contributed by atoms with Gasteiger partial charge in [0.05, 0.1) is 13.7 Å². The number of terminal acetylenes is 1. The van der Waals surface area contributed by atoms with E-state index in [-0.39, 0.29) is 18.4 Å². The lowest BCUT2D eigenvalue weighted by atomic mass is 10.1. The van der Waals surface area contributed by atoms with E-state index in [0.29, 0.717) is 34.9 Å². The molecule has 2 aromatic rings. The molecular weight excluding hydrogens is 344 g/mol. The maximum Gasteiger partial charge on any atom is 0.258 e. The van der Waals surface area contributed by atoms with E-state index in [1.165, 1.54) is 19.1 Å². The summed E-state index contributed by atoms with van der Waals surface area (Å²) in [6, 6.07) is 11.8. The number of hydrogen-bond acceptors (Lipinski definition) is 4. The van der Waals surface area contributed by atoms with Crippen LogP contribution >= 0.6 is 0 Å². The lowest BCUT2D eigenvalue weighted by molar-refractivity contribution is -0.119. The monoisotopic (exact) mass is 366 g/mol. The Morgan fingerprint density at radius 1 is 1.19 bits per heavy atom. The van der Waals surface area contributed by atoms with Crippen molar-refractivity contribution >= 4 is 17.5 Å². The number of anilines is 1. The fourth-order valence-corrected chi connectivity index (χ4v) is 2.50. The van der Waals surface area contributed by atoms with Gasteiger partial charge >= 0.3 is 0 Å². The van der Waals surface area contributed by atoms with Gasteiger partial charge in [0.2, 0.25) is 5.91 Å². The molecule has 2 amide bonds. The Balaban J connectivity index is 2.45. The highest BCUT2D eigenvalue weighted by atomic mass is 16.5. The highest BCUT2D eigenvalue weighted by Crippen LogP contribution is 2.29. The van der Waals surface area contributed by atoms with Crippen molar-refractivity contribution in [3.8, 4) is 23.8 Å². The number of likely N-dealkylation sites (N-methyl/N-ethyl adjacent to an activating group) is 1. The first kappa shape index (κ1) is 19.9. The predicted molar refractivity (Wildman–Crippen MR) is 104 cm³/mol. The van der Waals surface area contributed by atoms with E-state index < -0.39 is 0 Å². The Hall–Kier alpha value is -3.46. The number of nitrogens with one attached hydrogen (secondary N) is 1. The summed E-state index contributed by atoms with van der Waals surface area (Å²) >= 11 is 0. The molecule has 2 aromatic carbocycles. The van der Waals surface area contributed by atoms with Crippen LogP contribution < -0.4 is 19.7 Å². The molecule has 0 unspecified atom stereocenters. The van der Waals surface area contributed by atoms with Gasteiger partial charge in [0.1, 0.15) is 6.54 Å². The topological polar surface area (TPSA) is 67.9 Å². The van der Waals surface area contributed by atoms with Crippen molar-refractivity contribution in [1.29, 1.82) is 0 Å². The molecule has 0 aliphatic heterocycles. The van der Waals surface area contributed by atoms with E-state index in [2.05, 4.69) is 11.2 Å². The molecule has 0 saturated carbocycles. The number of ether oxygens (including phenoxy) is 2. The summed E-state index contributed by atoms with van der Waals surface area (Å²) < 4.78 is 10.8. The molecule has 0 radical (unpaired) electrons. The minimum absolute atomic E-state index is 0.140. The number of benzene rings is 2. The number of carbonyl (C=O) groups is 2. The van der Waals surface area contributed by atoms with Crippen LogP contribution in [-0.2, 0) is 4.79 Å². The van der Waals surface area contributed by atoms with Crippen LogP contribution in [0.25, 0.3) is 0 Å². The van der Waals surface area contributed by atoms with E-state index in [0.717, 1.165) is 0 Å². The number of rotatable bonds is 7. The van der Waals surface area contributed by atoms with Crippen LogP contribution in [-0.4, -0.2) is 39.1 Å². The Labute approximate surface area is 159 Å². The molecule has 0 heterocycles. The molecule has 6 nitrogen and oxygen atoms in total. The second kappa shape index (κ2) is 9.30. The third-order valence-corrected chi connectivity index (χ3v) is 3.86. The van der Waals surface area contributed by atoms with Gasteiger partial charge in [-0.1, -0.05) is 12.0 Å². The van der Waals surface area contributed by atoms with Gasteiger partial charge in [-0.3, -0.25) is 14.5 Å². The minimum Gasteiger partial charge on any atom is -0.493 e. The summed E-state index contributed by atoms with van der Waals surface area (Å²) in [7, 11) is 3.05. The van der Waals surface area contributed by atoms with Crippen LogP contribution in [0.3, 0.4) is 0 Å². The number of nitrogens with zero attached hydrogens (tertiary/aromatic N) is 1. The molecule has 0 spiro atoms. The van der Waals surface area contributed by atoms with Crippen LogP contribution in [0.15, 0.2) is 42.5 Å². The van der Waals surface area contributed by atoms with Gasteiger partial charge in [0.15, 0.2) is 11.5 Å². The van der Waals surface area contributed by atoms with Crippen molar-refractivity contribution in [3.05, 3.63) is 53.6 Å². The van der Waals surface area contributed by atoms with Gasteiger partial charge in [-0.15, -0.1) is 6.42 Å². The molecule has 0 atom stereocenters. The third-order valence-electron chi connectivity index (χ3n) is 3.86. The number of carbonyl (C=O) groups excluding carboxylic acids is 2. The standard InChI is InChI=1S/C21H22N2O4/c1-5-15-8-7-9-17(12-15)23(14-20(24)22-3)21(25)16-10-11-18(26-4)19(13-16)27-6-2/h1,7-13H,6,14H2,2-4H3,(H,22,24). The molecule has 0 saturated heterocycles. The smallest absolute Gasteiger partial charge is 0.258 e. The fourth-order valence-electron chi connectivity index (χ4n) is 2.50. The van der Waals surface area contributed by atoms with Gasteiger partial charge in [0, 0.05) is 23.9 Å². The lowest BCUT2D eigenvalue weighted by Gasteiger charge is -2.23. The average Bonchev–Trinajstić information content (AvgIpc) is 2.71. The quantitative estimate of drug-likeness (QED) is 0.765. The van der Waals surface area contributed by atoms with E-state index in [1.807, 2.05) is 6.92 Å². The Bertz CT molecular complexity index is 871. The summed E-state index contributed by atoms with van der Waals surface area (Å²) in [5.74, 6) is 2.87. The molecule has 6 heteroatoms. The molecule has 0 fully saturated rings. The van der Waals surface area contributed by atoms with Crippen molar-refractivity contribution in [2.45, 2.75) is 6.92 Å². The van der Waals surface area contributed by atoms with Gasteiger partial charge in [-0.25, -0.2) is 0 Å². The van der Waals surface area contributed by atoms with Crippen molar-refractivity contribution in [2.75, 3.05) is 32.2 Å². The molecule has 2 rings (SSSR count). The zero-order valence-electron chi connectivity index (χ0n) is 15.6. The average molecular weight is 366 g/mol. The Morgan fingerprint density at radius 3 is 2.59 bits per heavy atom. The van der Waals surface area contributed by atoms with Crippen LogP contribution in [0.4, 0.5) is 5.69 Å². The first-order chi connectivity index (χ1) is 13.0. The Morgan fingerprint density at radius 2 is 1.96 bits per heavy atom. The van der Waals surface area contributed by atoms with Crippen LogP contribution in [0, 0.1) is 12.3 Å².